The molecule has 4 N–H and O–H groups in total. The monoisotopic (exact) mass is 343 g/mol. The number of phenolic OH excluding ortho intramolecular Hbond substituents is 2. The van der Waals surface area contributed by atoms with Crippen molar-refractivity contribution < 1.29 is 29.6 Å². The Labute approximate surface area is 143 Å². The maximum absolute atomic E-state index is 11.5. The number of phenols is 2. The Morgan fingerprint density at radius 2 is 1.88 bits per heavy atom. The molecule has 7 heteroatoms. The van der Waals surface area contributed by atoms with Crippen LogP contribution in [0.1, 0.15) is 22.7 Å². The SMILES string of the molecule is O=C(O)[C@@H]1Cc2cc(O)c(O)cc2C(Cc2ccc3c(c2)OCO3)N1. The van der Waals surface area contributed by atoms with Crippen LogP contribution in [0, 0.1) is 0 Å². The number of aromatic hydroxyl groups is 2. The van der Waals surface area contributed by atoms with Gasteiger partial charge in [0, 0.05) is 6.04 Å². The average Bonchev–Trinajstić information content (AvgIpc) is 3.04. The van der Waals surface area contributed by atoms with Gasteiger partial charge in [0.2, 0.25) is 6.79 Å². The molecule has 0 saturated heterocycles. The van der Waals surface area contributed by atoms with Crippen molar-refractivity contribution >= 4 is 5.97 Å². The second-order valence-electron chi connectivity index (χ2n) is 6.25. The van der Waals surface area contributed by atoms with E-state index in [9.17, 15) is 20.1 Å². The van der Waals surface area contributed by atoms with Crippen LogP contribution in [0.25, 0.3) is 0 Å². The molecular weight excluding hydrogens is 326 g/mol. The van der Waals surface area contributed by atoms with Crippen molar-refractivity contribution in [3.8, 4) is 23.0 Å². The minimum atomic E-state index is -0.950. The van der Waals surface area contributed by atoms with Gasteiger partial charge < -0.3 is 24.8 Å². The van der Waals surface area contributed by atoms with Gasteiger partial charge >= 0.3 is 5.97 Å². The van der Waals surface area contributed by atoms with Crippen LogP contribution in [-0.2, 0) is 17.6 Å². The van der Waals surface area contributed by atoms with Crippen LogP contribution in [0.2, 0.25) is 0 Å². The lowest BCUT2D eigenvalue weighted by atomic mass is 9.86. The Balaban J connectivity index is 1.68. The first kappa shape index (κ1) is 15.6. The minimum Gasteiger partial charge on any atom is -0.504 e. The number of carbonyl (C=O) groups is 1. The largest absolute Gasteiger partial charge is 0.504 e. The smallest absolute Gasteiger partial charge is 0.321 e. The number of rotatable bonds is 3. The average molecular weight is 343 g/mol. The first-order chi connectivity index (χ1) is 12.0. The first-order valence-corrected chi connectivity index (χ1v) is 7.93. The molecule has 1 unspecified atom stereocenters. The van der Waals surface area contributed by atoms with Crippen molar-refractivity contribution in [1.29, 1.82) is 0 Å². The lowest BCUT2D eigenvalue weighted by Gasteiger charge is -2.31. The first-order valence-electron chi connectivity index (χ1n) is 7.93. The Kier molecular flexibility index (Phi) is 3.65. The molecule has 130 valence electrons. The Hall–Kier alpha value is -2.93. The number of aliphatic carboxylic acids is 1. The Morgan fingerprint density at radius 1 is 1.12 bits per heavy atom. The number of ether oxygens (including phenoxy) is 2. The molecule has 2 aromatic rings. The summed E-state index contributed by atoms with van der Waals surface area (Å²) in [5.74, 6) is -0.0610. The van der Waals surface area contributed by atoms with Gasteiger partial charge in [-0.05, 0) is 53.8 Å². The summed E-state index contributed by atoms with van der Waals surface area (Å²) in [6, 6.07) is 7.46. The fourth-order valence-electron chi connectivity index (χ4n) is 3.38. The van der Waals surface area contributed by atoms with E-state index in [-0.39, 0.29) is 30.8 Å². The number of benzene rings is 2. The third-order valence-electron chi connectivity index (χ3n) is 4.61. The predicted octanol–water partition coefficient (Wildman–Crippen LogP) is 1.71. The lowest BCUT2D eigenvalue weighted by molar-refractivity contribution is -0.139. The Morgan fingerprint density at radius 3 is 2.68 bits per heavy atom. The van der Waals surface area contributed by atoms with Gasteiger partial charge in [0.1, 0.15) is 6.04 Å². The van der Waals surface area contributed by atoms with Crippen LogP contribution in [0.3, 0.4) is 0 Å². The molecule has 2 atom stereocenters. The van der Waals surface area contributed by atoms with Crippen LogP contribution >= 0.6 is 0 Å². The zero-order valence-electron chi connectivity index (χ0n) is 13.2. The van der Waals surface area contributed by atoms with E-state index >= 15 is 0 Å². The molecule has 25 heavy (non-hydrogen) atoms. The molecule has 0 aromatic heterocycles. The normalized spacial score (nSPS) is 21.0. The van der Waals surface area contributed by atoms with Crippen molar-refractivity contribution in [1.82, 2.24) is 5.32 Å². The van der Waals surface area contributed by atoms with Crippen LogP contribution < -0.4 is 14.8 Å². The van der Waals surface area contributed by atoms with Gasteiger partial charge in [-0.3, -0.25) is 10.1 Å². The fourth-order valence-corrected chi connectivity index (χ4v) is 3.38. The molecule has 0 radical (unpaired) electrons. The number of hydrogen-bond donors (Lipinski definition) is 4. The second kappa shape index (κ2) is 5.86. The molecule has 2 heterocycles. The zero-order chi connectivity index (χ0) is 17.6. The van der Waals surface area contributed by atoms with Gasteiger partial charge in [-0.25, -0.2) is 0 Å². The van der Waals surface area contributed by atoms with Crippen LogP contribution in [0.15, 0.2) is 30.3 Å². The number of carboxylic acids is 1. The van der Waals surface area contributed by atoms with E-state index in [0.29, 0.717) is 23.5 Å². The highest BCUT2D eigenvalue weighted by molar-refractivity contribution is 5.75. The summed E-state index contributed by atoms with van der Waals surface area (Å²) >= 11 is 0. The van der Waals surface area contributed by atoms with E-state index in [4.69, 9.17) is 9.47 Å². The van der Waals surface area contributed by atoms with Crippen LogP contribution in [0.4, 0.5) is 0 Å². The number of nitrogens with one attached hydrogen (secondary N) is 1. The molecule has 0 bridgehead atoms. The maximum atomic E-state index is 11.5. The molecule has 2 aliphatic rings. The molecular formula is C18H17NO6. The highest BCUT2D eigenvalue weighted by Gasteiger charge is 2.31. The number of carboxylic acid groups (broad SMARTS) is 1. The summed E-state index contributed by atoms with van der Waals surface area (Å²) in [5, 5.41) is 32.1. The van der Waals surface area contributed by atoms with Crippen LogP contribution in [0.5, 0.6) is 23.0 Å². The molecule has 7 nitrogen and oxygen atoms in total. The molecule has 2 aliphatic heterocycles. The number of fused-ring (bicyclic) bond motifs is 2. The van der Waals surface area contributed by atoms with Crippen molar-refractivity contribution in [3.05, 3.63) is 47.0 Å². The molecule has 0 spiro atoms. The summed E-state index contributed by atoms with van der Waals surface area (Å²) in [6.45, 7) is 0.192. The minimum absolute atomic E-state index is 0.192. The predicted molar refractivity (Wildman–Crippen MR) is 87.0 cm³/mol. The van der Waals surface area contributed by atoms with Gasteiger partial charge in [0.25, 0.3) is 0 Å². The highest BCUT2D eigenvalue weighted by atomic mass is 16.7. The third-order valence-corrected chi connectivity index (χ3v) is 4.61. The second-order valence-corrected chi connectivity index (χ2v) is 6.25. The molecule has 0 amide bonds. The van der Waals surface area contributed by atoms with Gasteiger partial charge in [0.15, 0.2) is 23.0 Å². The zero-order valence-corrected chi connectivity index (χ0v) is 13.2. The van der Waals surface area contributed by atoms with E-state index in [1.807, 2.05) is 18.2 Å². The summed E-state index contributed by atoms with van der Waals surface area (Å²) in [4.78, 5) is 11.5. The van der Waals surface area contributed by atoms with E-state index in [0.717, 1.165) is 11.1 Å². The molecule has 0 fully saturated rings. The molecule has 2 aromatic carbocycles. The van der Waals surface area contributed by atoms with Crippen molar-refractivity contribution in [2.24, 2.45) is 0 Å². The maximum Gasteiger partial charge on any atom is 0.321 e. The lowest BCUT2D eigenvalue weighted by Crippen LogP contribution is -2.45. The summed E-state index contributed by atoms with van der Waals surface area (Å²) < 4.78 is 10.7. The number of hydrogen-bond acceptors (Lipinski definition) is 6. The van der Waals surface area contributed by atoms with Crippen molar-refractivity contribution in [2.75, 3.05) is 6.79 Å². The van der Waals surface area contributed by atoms with Crippen molar-refractivity contribution in [2.45, 2.75) is 24.9 Å². The third kappa shape index (κ3) is 2.83. The Bertz CT molecular complexity index is 850. The standard InChI is InChI=1S/C18H17NO6/c20-14-6-10-5-13(18(22)23)19-12(11(10)7-15(14)21)3-9-1-2-16-17(4-9)25-8-24-16/h1-2,4,6-7,12-13,19-21H,3,5,8H2,(H,22,23)/t12?,13-/m0/s1. The van der Waals surface area contributed by atoms with Gasteiger partial charge in [0.05, 0.1) is 0 Å². The van der Waals surface area contributed by atoms with Gasteiger partial charge in [-0.2, -0.15) is 0 Å². The molecule has 0 saturated carbocycles. The van der Waals surface area contributed by atoms with Crippen LogP contribution in [-0.4, -0.2) is 34.1 Å². The summed E-state index contributed by atoms with van der Waals surface area (Å²) in [5.41, 5.74) is 2.45. The topological polar surface area (TPSA) is 108 Å². The summed E-state index contributed by atoms with van der Waals surface area (Å²) in [7, 11) is 0. The quantitative estimate of drug-likeness (QED) is 0.628. The van der Waals surface area contributed by atoms with Gasteiger partial charge in [-0.15, -0.1) is 0 Å². The molecule has 4 rings (SSSR count). The van der Waals surface area contributed by atoms with E-state index < -0.39 is 12.0 Å². The fraction of sp³-hybridized carbons (Fsp3) is 0.278. The molecule has 0 aliphatic carbocycles. The van der Waals surface area contributed by atoms with E-state index in [2.05, 4.69) is 5.32 Å². The van der Waals surface area contributed by atoms with E-state index in [1.54, 1.807) is 0 Å². The van der Waals surface area contributed by atoms with Gasteiger partial charge in [-0.1, -0.05) is 6.07 Å². The van der Waals surface area contributed by atoms with Crippen molar-refractivity contribution in [3.63, 3.8) is 0 Å². The highest BCUT2D eigenvalue weighted by Crippen LogP contribution is 2.38. The summed E-state index contributed by atoms with van der Waals surface area (Å²) in [6.07, 6.45) is 0.758. The van der Waals surface area contributed by atoms with E-state index in [1.165, 1.54) is 12.1 Å².